The first kappa shape index (κ1) is 17.9. The van der Waals surface area contributed by atoms with Gasteiger partial charge in [0.1, 0.15) is 0 Å². The fourth-order valence-corrected chi connectivity index (χ4v) is 3.71. The molecule has 2 aliphatic heterocycles. The van der Waals surface area contributed by atoms with Crippen LogP contribution in [0, 0.1) is 5.92 Å². The van der Waals surface area contributed by atoms with E-state index < -0.39 is 0 Å². The van der Waals surface area contributed by atoms with Crippen LogP contribution in [0.2, 0.25) is 0 Å². The maximum absolute atomic E-state index is 12.6. The third kappa shape index (κ3) is 4.57. The number of likely N-dealkylation sites (tertiary alicyclic amines) is 2. The molecule has 25 heavy (non-hydrogen) atoms. The lowest BCUT2D eigenvalue weighted by Crippen LogP contribution is -2.35. The predicted octanol–water partition coefficient (Wildman–Crippen LogP) is 1.75. The number of hydrogen-bond donors (Lipinski definition) is 0. The van der Waals surface area contributed by atoms with Gasteiger partial charge >= 0.3 is 0 Å². The molecule has 6 nitrogen and oxygen atoms in total. The Bertz CT molecular complexity index is 614. The Morgan fingerprint density at radius 2 is 2.12 bits per heavy atom. The molecule has 2 amide bonds. The molecule has 1 aromatic rings. The van der Waals surface area contributed by atoms with Gasteiger partial charge in [0.25, 0.3) is 5.91 Å². The highest BCUT2D eigenvalue weighted by Gasteiger charge is 2.29. The summed E-state index contributed by atoms with van der Waals surface area (Å²) in [5, 5.41) is 0. The van der Waals surface area contributed by atoms with Gasteiger partial charge in [-0.25, -0.2) is 0 Å². The van der Waals surface area contributed by atoms with Crippen LogP contribution in [-0.4, -0.2) is 66.5 Å². The first-order chi connectivity index (χ1) is 12.2. The zero-order valence-corrected chi connectivity index (χ0v) is 14.9. The number of methoxy groups -OCH3 is 1. The summed E-state index contributed by atoms with van der Waals surface area (Å²) in [6, 6.07) is 3.70. The number of nitrogens with zero attached hydrogens (tertiary/aromatic N) is 3. The Morgan fingerprint density at radius 1 is 1.32 bits per heavy atom. The zero-order chi connectivity index (χ0) is 17.6. The first-order valence-corrected chi connectivity index (χ1v) is 9.18. The topological polar surface area (TPSA) is 62.7 Å². The molecular formula is C19H27N3O3. The van der Waals surface area contributed by atoms with Crippen molar-refractivity contribution in [2.75, 3.05) is 39.9 Å². The van der Waals surface area contributed by atoms with Crippen molar-refractivity contribution < 1.29 is 14.3 Å². The van der Waals surface area contributed by atoms with E-state index in [1.165, 1.54) is 6.42 Å². The Kier molecular flexibility index (Phi) is 6.02. The van der Waals surface area contributed by atoms with Crippen molar-refractivity contribution in [3.63, 3.8) is 0 Å². The molecule has 6 heteroatoms. The summed E-state index contributed by atoms with van der Waals surface area (Å²) in [6.07, 6.45) is 6.38. The molecule has 2 fully saturated rings. The van der Waals surface area contributed by atoms with E-state index in [4.69, 9.17) is 4.74 Å². The molecule has 1 atom stereocenters. The molecule has 1 aromatic heterocycles. The van der Waals surface area contributed by atoms with E-state index in [1.807, 2.05) is 15.9 Å². The third-order valence-electron chi connectivity index (χ3n) is 5.06. The molecule has 3 heterocycles. The van der Waals surface area contributed by atoms with Crippen LogP contribution < -0.4 is 0 Å². The molecule has 0 aliphatic carbocycles. The van der Waals surface area contributed by atoms with Crippen LogP contribution in [0.3, 0.4) is 0 Å². The maximum Gasteiger partial charge on any atom is 0.253 e. The smallest absolute Gasteiger partial charge is 0.253 e. The van der Waals surface area contributed by atoms with Crippen LogP contribution in [0.1, 0.15) is 41.7 Å². The van der Waals surface area contributed by atoms with Crippen LogP contribution in [0.5, 0.6) is 0 Å². The summed E-state index contributed by atoms with van der Waals surface area (Å²) in [4.78, 5) is 32.9. The van der Waals surface area contributed by atoms with Crippen LogP contribution in [0.25, 0.3) is 0 Å². The van der Waals surface area contributed by atoms with Gasteiger partial charge in [-0.2, -0.15) is 0 Å². The summed E-state index contributed by atoms with van der Waals surface area (Å²) in [5.74, 6) is 0.548. The molecule has 0 aromatic carbocycles. The molecule has 2 aliphatic rings. The second-order valence-electron chi connectivity index (χ2n) is 7.00. The lowest BCUT2D eigenvalue weighted by Gasteiger charge is -2.26. The molecule has 0 N–H and O–H groups in total. The molecular weight excluding hydrogens is 318 g/mol. The van der Waals surface area contributed by atoms with Crippen molar-refractivity contribution in [2.24, 2.45) is 5.92 Å². The molecule has 0 spiro atoms. The van der Waals surface area contributed by atoms with Crippen LogP contribution in [0.15, 0.2) is 18.3 Å². The van der Waals surface area contributed by atoms with Gasteiger partial charge in [0.15, 0.2) is 0 Å². The molecule has 0 bridgehead atoms. The Balaban J connectivity index is 1.60. The summed E-state index contributed by atoms with van der Waals surface area (Å²) in [6.45, 7) is 3.65. The SMILES string of the molecule is COCCN1C[C@H](Cc2cc(C(=O)N3CCCCC3)ccn2)CC1=O. The van der Waals surface area contributed by atoms with E-state index in [0.29, 0.717) is 25.1 Å². The summed E-state index contributed by atoms with van der Waals surface area (Å²) >= 11 is 0. The van der Waals surface area contributed by atoms with Crippen molar-refractivity contribution in [1.29, 1.82) is 0 Å². The van der Waals surface area contributed by atoms with Gasteiger partial charge in [0.2, 0.25) is 5.91 Å². The van der Waals surface area contributed by atoms with Crippen molar-refractivity contribution in [1.82, 2.24) is 14.8 Å². The fourth-order valence-electron chi connectivity index (χ4n) is 3.71. The normalized spacial score (nSPS) is 21.0. The molecule has 0 radical (unpaired) electrons. The average Bonchev–Trinajstić information content (AvgIpc) is 2.99. The van der Waals surface area contributed by atoms with Gasteiger partial charge in [-0.05, 0) is 43.7 Å². The van der Waals surface area contributed by atoms with Gasteiger partial charge < -0.3 is 14.5 Å². The van der Waals surface area contributed by atoms with Crippen molar-refractivity contribution >= 4 is 11.8 Å². The predicted molar refractivity (Wildman–Crippen MR) is 94.3 cm³/mol. The zero-order valence-electron chi connectivity index (χ0n) is 14.9. The summed E-state index contributed by atoms with van der Waals surface area (Å²) in [7, 11) is 1.65. The molecule has 0 saturated carbocycles. The lowest BCUT2D eigenvalue weighted by atomic mass is 10.0. The second kappa shape index (κ2) is 8.43. The lowest BCUT2D eigenvalue weighted by molar-refractivity contribution is -0.128. The summed E-state index contributed by atoms with van der Waals surface area (Å²) < 4.78 is 5.06. The second-order valence-corrected chi connectivity index (χ2v) is 7.00. The summed E-state index contributed by atoms with van der Waals surface area (Å²) in [5.41, 5.74) is 1.61. The fraction of sp³-hybridized carbons (Fsp3) is 0.632. The highest BCUT2D eigenvalue weighted by atomic mass is 16.5. The van der Waals surface area contributed by atoms with Crippen molar-refractivity contribution in [2.45, 2.75) is 32.1 Å². The van der Waals surface area contributed by atoms with E-state index in [-0.39, 0.29) is 17.7 Å². The van der Waals surface area contributed by atoms with Gasteiger partial charge in [-0.15, -0.1) is 0 Å². The minimum atomic E-state index is 0.104. The Hall–Kier alpha value is -1.95. The standard InChI is InChI=1S/C19H27N3O3/c1-25-10-9-22-14-15(12-18(22)23)11-17-13-16(5-6-20-17)19(24)21-7-3-2-4-8-21/h5-6,13,15H,2-4,7-12,14H2,1H3/t15-/m1/s1. The molecule has 3 rings (SSSR count). The minimum absolute atomic E-state index is 0.104. The van der Waals surface area contributed by atoms with Gasteiger partial charge in [0.05, 0.1) is 6.61 Å². The third-order valence-corrected chi connectivity index (χ3v) is 5.06. The number of carbonyl (C=O) groups is 2. The van der Waals surface area contributed by atoms with Gasteiger partial charge in [-0.1, -0.05) is 0 Å². The largest absolute Gasteiger partial charge is 0.383 e. The van der Waals surface area contributed by atoms with E-state index in [2.05, 4.69) is 4.98 Å². The van der Waals surface area contributed by atoms with E-state index in [0.717, 1.165) is 44.6 Å². The number of carbonyl (C=O) groups excluding carboxylic acids is 2. The number of ether oxygens (including phenoxy) is 1. The average molecular weight is 345 g/mol. The first-order valence-electron chi connectivity index (χ1n) is 9.18. The molecule has 2 saturated heterocycles. The minimum Gasteiger partial charge on any atom is -0.383 e. The van der Waals surface area contributed by atoms with E-state index >= 15 is 0 Å². The van der Waals surface area contributed by atoms with E-state index in [1.54, 1.807) is 19.4 Å². The van der Waals surface area contributed by atoms with E-state index in [9.17, 15) is 9.59 Å². The highest BCUT2D eigenvalue weighted by molar-refractivity contribution is 5.94. The number of hydrogen-bond acceptors (Lipinski definition) is 4. The maximum atomic E-state index is 12.6. The monoisotopic (exact) mass is 345 g/mol. The Labute approximate surface area is 149 Å². The van der Waals surface area contributed by atoms with Crippen molar-refractivity contribution in [3.05, 3.63) is 29.6 Å². The van der Waals surface area contributed by atoms with Crippen LogP contribution in [0.4, 0.5) is 0 Å². The number of rotatable bonds is 6. The van der Waals surface area contributed by atoms with Gasteiger partial charge in [-0.3, -0.25) is 14.6 Å². The van der Waals surface area contributed by atoms with Crippen molar-refractivity contribution in [3.8, 4) is 0 Å². The molecule has 136 valence electrons. The number of amides is 2. The highest BCUT2D eigenvalue weighted by Crippen LogP contribution is 2.22. The molecule has 0 unspecified atom stereocenters. The Morgan fingerprint density at radius 3 is 2.88 bits per heavy atom. The van der Waals surface area contributed by atoms with Crippen LogP contribution >= 0.6 is 0 Å². The van der Waals surface area contributed by atoms with Gasteiger partial charge in [0, 0.05) is 57.2 Å². The quantitative estimate of drug-likeness (QED) is 0.788. The number of piperidine rings is 1. The number of aromatic nitrogens is 1. The van der Waals surface area contributed by atoms with Crippen LogP contribution in [-0.2, 0) is 16.0 Å². The number of pyridine rings is 1.